The molecule has 3 aliphatic rings. The number of benzene rings is 3. The molecule has 0 spiro atoms. The van der Waals surface area contributed by atoms with E-state index in [-0.39, 0.29) is 95.6 Å². The lowest BCUT2D eigenvalue weighted by Crippen LogP contribution is -2.70. The molecule has 6 unspecified atom stereocenters. The first kappa shape index (κ1) is 51.3. The van der Waals surface area contributed by atoms with Gasteiger partial charge in [0.1, 0.15) is 24.1 Å². The molecule has 1 aliphatic heterocycles. The van der Waals surface area contributed by atoms with E-state index in [2.05, 4.69) is 24.6 Å². The molecular weight excluding hydrogens is 877 g/mol. The van der Waals surface area contributed by atoms with Gasteiger partial charge in [-0.25, -0.2) is 9.59 Å². The summed E-state index contributed by atoms with van der Waals surface area (Å²) >= 11 is 0. The minimum atomic E-state index is -1.62. The number of carbonyl (C=O) groups excluding carboxylic acids is 2. The number of aliphatic hydroxyl groups excluding tert-OH is 3. The van der Waals surface area contributed by atoms with Gasteiger partial charge in [0.2, 0.25) is 5.79 Å². The monoisotopic (exact) mass is 940 g/mol. The van der Waals surface area contributed by atoms with Crippen LogP contribution in [0.1, 0.15) is 74.0 Å². The molecule has 6 atom stereocenters. The van der Waals surface area contributed by atoms with Crippen LogP contribution < -0.4 is 14.8 Å². The maximum absolute atomic E-state index is 14.5. The lowest BCUT2D eigenvalue weighted by Gasteiger charge is -2.59. The third kappa shape index (κ3) is 12.9. The van der Waals surface area contributed by atoms with Crippen LogP contribution in [0, 0.1) is 27.9 Å². The van der Waals surface area contributed by atoms with Gasteiger partial charge in [-0.1, -0.05) is 66.6 Å². The van der Waals surface area contributed by atoms with E-state index in [1.165, 1.54) is 17.0 Å². The predicted molar refractivity (Wildman–Crippen MR) is 253 cm³/mol. The highest BCUT2D eigenvalue weighted by Gasteiger charge is 2.65. The van der Waals surface area contributed by atoms with Crippen molar-refractivity contribution in [1.29, 1.82) is 0 Å². The Hall–Kier alpha value is -6.11. The lowest BCUT2D eigenvalue weighted by atomic mass is 9.55. The summed E-state index contributed by atoms with van der Waals surface area (Å²) in [6, 6.07) is 19.7. The molecule has 0 saturated heterocycles. The van der Waals surface area contributed by atoms with Crippen LogP contribution in [0.5, 0.6) is 11.5 Å². The number of unbranched alkanes of at least 4 members (excludes halogenated alkanes) is 2. The van der Waals surface area contributed by atoms with Gasteiger partial charge in [0.15, 0.2) is 0 Å². The largest absolute Gasteiger partial charge is 0.459 e. The van der Waals surface area contributed by atoms with Crippen molar-refractivity contribution in [3.63, 3.8) is 0 Å². The molecule has 2 amide bonds. The lowest BCUT2D eigenvalue weighted by molar-refractivity contribution is -0.384. The number of carbonyl (C=O) groups is 2. The van der Waals surface area contributed by atoms with Gasteiger partial charge < -0.3 is 49.2 Å². The molecule has 3 aromatic rings. The van der Waals surface area contributed by atoms with Crippen LogP contribution in [0.4, 0.5) is 15.3 Å². The standard InChI is InChI=1S/C51H64N4O13/c1-3-5-28-64-50(60)54(23-29-63-30-26-58)46-33-44(53-66-35-37-17-19-39(20-18-37)55(61)62)42-31-38(15-9-11-24-56)41(16-10-12-25-57)47-43-32-40(67-49(59)52-34-36-13-7-6-8-14-36)21-22-45(43)68-51(46,48(42)47)65-27-4-2/h3-4,6-8,13-14,17-22,31-32,38,41,46-48,56-58H,1-2,5,9-12,15-16,23-30,33-35H2,(H,52,59). The summed E-state index contributed by atoms with van der Waals surface area (Å²) in [6.07, 6.45) is 8.52. The third-order valence-corrected chi connectivity index (χ3v) is 12.6. The fraction of sp³-hybridized carbons (Fsp3) is 0.471. The summed E-state index contributed by atoms with van der Waals surface area (Å²) in [5, 5.41) is 48.5. The van der Waals surface area contributed by atoms with E-state index in [9.17, 15) is 35.0 Å². The molecule has 3 aromatic carbocycles. The number of amides is 2. The molecule has 0 bridgehead atoms. The number of nitro benzene ring substituents is 1. The molecule has 366 valence electrons. The molecule has 2 aliphatic carbocycles. The Morgan fingerprint density at radius 1 is 0.926 bits per heavy atom. The first-order valence-electron chi connectivity index (χ1n) is 23.3. The summed E-state index contributed by atoms with van der Waals surface area (Å²) in [5.74, 6) is -2.21. The minimum Gasteiger partial charge on any atom is -0.459 e. The summed E-state index contributed by atoms with van der Waals surface area (Å²) in [4.78, 5) is 46.3. The van der Waals surface area contributed by atoms with Gasteiger partial charge in [-0.2, -0.15) is 0 Å². The average molecular weight is 941 g/mol. The number of rotatable bonds is 27. The van der Waals surface area contributed by atoms with Crippen molar-refractivity contribution >= 4 is 23.6 Å². The summed E-state index contributed by atoms with van der Waals surface area (Å²) in [7, 11) is 0. The van der Waals surface area contributed by atoms with Gasteiger partial charge in [0.25, 0.3) is 5.69 Å². The van der Waals surface area contributed by atoms with Crippen molar-refractivity contribution in [1.82, 2.24) is 10.2 Å². The number of fused-ring (bicyclic) bond motifs is 2. The van der Waals surface area contributed by atoms with Crippen LogP contribution in [0.15, 0.2) is 115 Å². The molecular formula is C51H64N4O13. The summed E-state index contributed by atoms with van der Waals surface area (Å²) in [6.45, 7) is 7.94. The van der Waals surface area contributed by atoms with Gasteiger partial charge >= 0.3 is 12.2 Å². The van der Waals surface area contributed by atoms with Gasteiger partial charge in [-0.15, -0.1) is 13.2 Å². The molecule has 1 heterocycles. The van der Waals surface area contributed by atoms with E-state index >= 15 is 0 Å². The Labute approximate surface area is 397 Å². The number of hydrogen-bond acceptors (Lipinski definition) is 14. The average Bonchev–Trinajstić information content (AvgIpc) is 3.34. The van der Waals surface area contributed by atoms with Gasteiger partial charge in [-0.3, -0.25) is 15.0 Å². The number of nitrogens with one attached hydrogen (secondary N) is 1. The first-order valence-corrected chi connectivity index (χ1v) is 23.3. The molecule has 17 nitrogen and oxygen atoms in total. The normalized spacial score (nSPS) is 21.8. The molecule has 0 radical (unpaired) electrons. The third-order valence-electron chi connectivity index (χ3n) is 12.6. The molecule has 17 heteroatoms. The van der Waals surface area contributed by atoms with Crippen molar-refractivity contribution in [2.75, 3.05) is 52.8 Å². The van der Waals surface area contributed by atoms with E-state index < -0.39 is 40.8 Å². The van der Waals surface area contributed by atoms with Crippen LogP contribution in [0.25, 0.3) is 0 Å². The molecule has 68 heavy (non-hydrogen) atoms. The molecule has 1 fully saturated rings. The van der Waals surface area contributed by atoms with Gasteiger partial charge in [0, 0.05) is 56.3 Å². The maximum Gasteiger partial charge on any atom is 0.412 e. The highest BCUT2D eigenvalue weighted by molar-refractivity contribution is 6.03. The number of nitro groups is 1. The van der Waals surface area contributed by atoms with E-state index in [1.54, 1.807) is 36.4 Å². The van der Waals surface area contributed by atoms with Crippen molar-refractivity contribution in [3.05, 3.63) is 137 Å². The Bertz CT molecular complexity index is 2200. The second-order valence-corrected chi connectivity index (χ2v) is 16.9. The Balaban J connectivity index is 1.53. The topological polar surface area (TPSA) is 221 Å². The fourth-order valence-corrected chi connectivity index (χ4v) is 9.54. The zero-order valence-electron chi connectivity index (χ0n) is 38.5. The zero-order valence-corrected chi connectivity index (χ0v) is 38.5. The summed E-state index contributed by atoms with van der Waals surface area (Å²) < 4.78 is 31.8. The Morgan fingerprint density at radius 3 is 2.40 bits per heavy atom. The number of non-ortho nitro benzene ring substituents is 1. The van der Waals surface area contributed by atoms with E-state index in [0.717, 1.165) is 23.1 Å². The fourth-order valence-electron chi connectivity index (χ4n) is 9.54. The quantitative estimate of drug-likeness (QED) is 0.0249. The van der Waals surface area contributed by atoms with Crippen molar-refractivity contribution in [3.8, 4) is 11.5 Å². The van der Waals surface area contributed by atoms with Crippen LogP contribution in [0.3, 0.4) is 0 Å². The molecule has 1 saturated carbocycles. The van der Waals surface area contributed by atoms with Crippen LogP contribution in [-0.4, -0.2) is 108 Å². The van der Waals surface area contributed by atoms with Crippen LogP contribution in [0.2, 0.25) is 0 Å². The van der Waals surface area contributed by atoms with E-state index in [4.69, 9.17) is 33.7 Å². The predicted octanol–water partition coefficient (Wildman–Crippen LogP) is 7.74. The summed E-state index contributed by atoms with van der Waals surface area (Å²) in [5.41, 5.74) is 3.49. The van der Waals surface area contributed by atoms with Crippen molar-refractivity contribution < 1.29 is 58.4 Å². The van der Waals surface area contributed by atoms with Gasteiger partial charge in [0.05, 0.1) is 49.6 Å². The number of oxime groups is 1. The van der Waals surface area contributed by atoms with E-state index in [0.29, 0.717) is 55.5 Å². The van der Waals surface area contributed by atoms with Crippen LogP contribution in [-0.2, 0) is 32.2 Å². The number of ether oxygens (including phenoxy) is 5. The SMILES string of the molecule is C=CCCOC(=O)N(CCOCCO)C1CC(=NOCc2ccc([N+](=O)[O-])cc2)C2=CC(CCCCO)C(CCCCO)C3c4cc(OC(=O)NCc5ccccc5)ccc4OC1(OCC=C)C23. The smallest absolute Gasteiger partial charge is 0.412 e. The second kappa shape index (κ2) is 25.9. The van der Waals surface area contributed by atoms with Crippen LogP contribution >= 0.6 is 0 Å². The Kier molecular flexibility index (Phi) is 19.5. The van der Waals surface area contributed by atoms with Crippen molar-refractivity contribution in [2.45, 2.75) is 82.3 Å². The molecule has 4 N–H and O–H groups in total. The molecule has 6 rings (SSSR count). The highest BCUT2D eigenvalue weighted by Crippen LogP contribution is 2.62. The van der Waals surface area contributed by atoms with Gasteiger partial charge in [-0.05, 0) is 91.0 Å². The Morgan fingerprint density at radius 2 is 1.69 bits per heavy atom. The maximum atomic E-state index is 14.5. The number of aliphatic hydroxyl groups is 3. The number of allylic oxidation sites excluding steroid dienone is 1. The first-order chi connectivity index (χ1) is 33.2. The second-order valence-electron chi connectivity index (χ2n) is 16.9. The zero-order chi connectivity index (χ0) is 48.3. The number of nitrogens with zero attached hydrogens (tertiary/aromatic N) is 3. The minimum absolute atomic E-state index is 0.00546. The van der Waals surface area contributed by atoms with Crippen molar-refractivity contribution in [2.24, 2.45) is 22.9 Å². The number of hydrogen-bond donors (Lipinski definition) is 4. The molecule has 0 aromatic heterocycles. The highest BCUT2D eigenvalue weighted by atomic mass is 16.7. The van der Waals surface area contributed by atoms with E-state index in [1.807, 2.05) is 36.4 Å².